The lowest BCUT2D eigenvalue weighted by molar-refractivity contribution is 0.102. The van der Waals surface area contributed by atoms with E-state index in [2.05, 4.69) is 25.9 Å². The molecule has 2 aliphatic rings. The van der Waals surface area contributed by atoms with Gasteiger partial charge in [0.15, 0.2) is 11.5 Å². The molecule has 3 aromatic heterocycles. The average Bonchev–Trinajstić information content (AvgIpc) is 3.66. The highest BCUT2D eigenvalue weighted by Crippen LogP contribution is 2.40. The van der Waals surface area contributed by atoms with Crippen molar-refractivity contribution in [2.24, 2.45) is 0 Å². The summed E-state index contributed by atoms with van der Waals surface area (Å²) in [5.74, 6) is 3.73. The van der Waals surface area contributed by atoms with Gasteiger partial charge in [0, 0.05) is 36.6 Å². The van der Waals surface area contributed by atoms with Crippen molar-refractivity contribution in [3.8, 4) is 17.2 Å². The van der Waals surface area contributed by atoms with Crippen LogP contribution in [0.25, 0.3) is 11.0 Å². The van der Waals surface area contributed by atoms with Gasteiger partial charge in [0.1, 0.15) is 28.5 Å². The summed E-state index contributed by atoms with van der Waals surface area (Å²) in [6, 6.07) is 21.1. The average molecular weight is 576 g/mol. The fourth-order valence-electron chi connectivity index (χ4n) is 5.42. The minimum absolute atomic E-state index is 0.213. The molecule has 1 unspecified atom stereocenters. The summed E-state index contributed by atoms with van der Waals surface area (Å²) in [6.07, 6.45) is 6.88. The summed E-state index contributed by atoms with van der Waals surface area (Å²) in [7, 11) is 1.66. The Morgan fingerprint density at radius 1 is 0.977 bits per heavy atom. The first kappa shape index (κ1) is 26.9. The molecule has 5 aromatic rings. The van der Waals surface area contributed by atoms with Gasteiger partial charge < -0.3 is 25.4 Å². The number of hydrogen-bond donors (Lipinski definition) is 3. The van der Waals surface area contributed by atoms with Gasteiger partial charge in [-0.25, -0.2) is 14.6 Å². The smallest absolute Gasteiger partial charge is 0.256 e. The van der Waals surface area contributed by atoms with Crippen LogP contribution >= 0.6 is 0 Å². The van der Waals surface area contributed by atoms with Crippen LogP contribution in [-0.4, -0.2) is 51.9 Å². The van der Waals surface area contributed by atoms with Gasteiger partial charge in [-0.05, 0) is 91.4 Å². The lowest BCUT2D eigenvalue weighted by atomic mass is 10.1. The molecule has 218 valence electrons. The summed E-state index contributed by atoms with van der Waals surface area (Å²) in [4.78, 5) is 21.9. The van der Waals surface area contributed by atoms with Crippen LogP contribution < -0.4 is 25.4 Å². The lowest BCUT2D eigenvalue weighted by Crippen LogP contribution is -2.22. The Bertz CT molecular complexity index is 1740. The normalized spacial score (nSPS) is 16.3. The molecule has 4 heterocycles. The Kier molecular flexibility index (Phi) is 7.34. The van der Waals surface area contributed by atoms with Crippen molar-refractivity contribution in [1.82, 2.24) is 25.1 Å². The Labute approximate surface area is 249 Å². The number of hydrogen-bond acceptors (Lipinski definition) is 8. The van der Waals surface area contributed by atoms with E-state index in [0.29, 0.717) is 35.3 Å². The second-order valence-corrected chi connectivity index (χ2v) is 11.0. The Balaban J connectivity index is 1.13. The van der Waals surface area contributed by atoms with Crippen molar-refractivity contribution >= 4 is 28.6 Å². The van der Waals surface area contributed by atoms with Crippen LogP contribution in [0.15, 0.2) is 79.1 Å². The molecule has 1 saturated carbocycles. The van der Waals surface area contributed by atoms with Gasteiger partial charge in [0.25, 0.3) is 5.91 Å². The number of methoxy groups -OCH3 is 1. The maximum absolute atomic E-state index is 12.9. The molecular formula is C33H33N7O3. The quantitative estimate of drug-likeness (QED) is 0.198. The number of anilines is 2. The van der Waals surface area contributed by atoms with E-state index in [4.69, 9.17) is 14.6 Å². The molecule has 0 bridgehead atoms. The van der Waals surface area contributed by atoms with Crippen LogP contribution in [-0.2, 0) is 6.54 Å². The Morgan fingerprint density at radius 2 is 1.77 bits per heavy atom. The van der Waals surface area contributed by atoms with Crippen LogP contribution in [0.4, 0.5) is 11.6 Å². The number of nitrogens with zero attached hydrogens (tertiary/aromatic N) is 4. The van der Waals surface area contributed by atoms with Crippen LogP contribution in [0.1, 0.15) is 46.7 Å². The molecule has 43 heavy (non-hydrogen) atoms. The van der Waals surface area contributed by atoms with Crippen molar-refractivity contribution in [2.75, 3.05) is 30.8 Å². The van der Waals surface area contributed by atoms with Gasteiger partial charge in [-0.3, -0.25) is 4.79 Å². The minimum Gasteiger partial charge on any atom is -0.497 e. The number of carbonyl (C=O) groups excluding carboxylic acids is 1. The Hall–Kier alpha value is -4.96. The number of aromatic nitrogens is 4. The zero-order valence-electron chi connectivity index (χ0n) is 23.9. The number of carbonyl (C=O) groups is 1. The predicted molar refractivity (Wildman–Crippen MR) is 165 cm³/mol. The maximum Gasteiger partial charge on any atom is 0.256 e. The summed E-state index contributed by atoms with van der Waals surface area (Å²) in [5.41, 5.74) is 3.55. The van der Waals surface area contributed by atoms with E-state index in [9.17, 15) is 4.79 Å². The van der Waals surface area contributed by atoms with Crippen molar-refractivity contribution in [3.63, 3.8) is 0 Å². The molecule has 0 spiro atoms. The monoisotopic (exact) mass is 575 g/mol. The molecule has 7 rings (SSSR count). The fraction of sp³-hybridized carbons (Fsp3) is 0.273. The molecule has 1 saturated heterocycles. The van der Waals surface area contributed by atoms with Crippen molar-refractivity contribution in [1.29, 1.82) is 0 Å². The molecular weight excluding hydrogens is 542 g/mol. The van der Waals surface area contributed by atoms with Crippen LogP contribution in [0.5, 0.6) is 17.2 Å². The molecule has 1 aliphatic heterocycles. The van der Waals surface area contributed by atoms with Crippen molar-refractivity contribution in [2.45, 2.75) is 37.8 Å². The standard InChI is InChI=1S/C33H33N7O3/c1-42-26-8-2-21(3-9-26)20-40-32-30(31(39-40)37-25-13-15-34-19-25)28(14-17-36-32)43-27-10-6-23(7-11-27)33(41)38-29-18-24(12-16-35-29)22-4-5-22/h2-3,6-12,14,16-18,22,25,34H,4-5,13,15,19-20H2,1H3,(H,37,39)(H,35,38,41). The molecule has 1 amide bonds. The summed E-state index contributed by atoms with van der Waals surface area (Å²) in [5, 5.41) is 15.7. The van der Waals surface area contributed by atoms with E-state index in [0.717, 1.165) is 47.7 Å². The van der Waals surface area contributed by atoms with Gasteiger partial charge in [-0.1, -0.05) is 12.1 Å². The molecule has 0 radical (unpaired) electrons. The highest BCUT2D eigenvalue weighted by atomic mass is 16.5. The molecule has 10 heteroatoms. The number of fused-ring (bicyclic) bond motifs is 1. The van der Waals surface area contributed by atoms with Crippen molar-refractivity contribution < 1.29 is 14.3 Å². The second-order valence-electron chi connectivity index (χ2n) is 11.0. The van der Waals surface area contributed by atoms with Gasteiger partial charge in [-0.2, -0.15) is 5.10 Å². The van der Waals surface area contributed by atoms with E-state index in [-0.39, 0.29) is 11.9 Å². The zero-order valence-corrected chi connectivity index (χ0v) is 23.9. The SMILES string of the molecule is COc1ccc(Cn2nc(NC3CCNC3)c3c(Oc4ccc(C(=O)Nc5cc(C6CC6)ccn5)cc4)ccnc32)cc1. The number of amides is 1. The van der Waals surface area contributed by atoms with E-state index < -0.39 is 0 Å². The third-order valence-electron chi connectivity index (χ3n) is 7.91. The molecule has 1 atom stereocenters. The first-order valence-corrected chi connectivity index (χ1v) is 14.6. The second kappa shape index (κ2) is 11.7. The van der Waals surface area contributed by atoms with Gasteiger partial charge >= 0.3 is 0 Å². The largest absolute Gasteiger partial charge is 0.497 e. The maximum atomic E-state index is 12.9. The zero-order chi connectivity index (χ0) is 29.2. The third kappa shape index (κ3) is 6.00. The third-order valence-corrected chi connectivity index (χ3v) is 7.91. The molecule has 1 aliphatic carbocycles. The topological polar surface area (TPSA) is 115 Å². The van der Waals surface area contributed by atoms with Gasteiger partial charge in [0.05, 0.1) is 13.7 Å². The van der Waals surface area contributed by atoms with Gasteiger partial charge in [-0.15, -0.1) is 0 Å². The lowest BCUT2D eigenvalue weighted by Gasteiger charge is -2.12. The Morgan fingerprint density at radius 3 is 2.51 bits per heavy atom. The van der Waals surface area contributed by atoms with Crippen molar-refractivity contribution in [3.05, 3.63) is 95.8 Å². The number of ether oxygens (including phenoxy) is 2. The fourth-order valence-corrected chi connectivity index (χ4v) is 5.42. The summed E-state index contributed by atoms with van der Waals surface area (Å²) < 4.78 is 13.6. The van der Waals surface area contributed by atoms with Crippen LogP contribution in [0.3, 0.4) is 0 Å². The van der Waals surface area contributed by atoms with Crippen LogP contribution in [0.2, 0.25) is 0 Å². The number of nitrogens with one attached hydrogen (secondary N) is 3. The number of benzene rings is 2. The van der Waals surface area contributed by atoms with Crippen LogP contribution in [0, 0.1) is 0 Å². The van der Waals surface area contributed by atoms with E-state index in [1.54, 1.807) is 43.8 Å². The molecule has 2 aromatic carbocycles. The van der Waals surface area contributed by atoms with E-state index in [1.165, 1.54) is 18.4 Å². The molecule has 10 nitrogen and oxygen atoms in total. The molecule has 3 N–H and O–H groups in total. The summed E-state index contributed by atoms with van der Waals surface area (Å²) >= 11 is 0. The van der Waals surface area contributed by atoms with E-state index in [1.807, 2.05) is 47.1 Å². The van der Waals surface area contributed by atoms with Gasteiger partial charge in [0.2, 0.25) is 0 Å². The predicted octanol–water partition coefficient (Wildman–Crippen LogP) is 5.58. The highest BCUT2D eigenvalue weighted by Gasteiger charge is 2.24. The number of pyridine rings is 2. The van der Waals surface area contributed by atoms with E-state index >= 15 is 0 Å². The molecule has 2 fully saturated rings. The first-order valence-electron chi connectivity index (χ1n) is 14.6. The summed E-state index contributed by atoms with van der Waals surface area (Å²) in [6.45, 7) is 2.38. The highest BCUT2D eigenvalue weighted by molar-refractivity contribution is 6.03. The first-order chi connectivity index (χ1) is 21.1. The minimum atomic E-state index is -0.213. The number of rotatable bonds is 10.